The number of unbranched alkanes of at least 4 members (excludes halogenated alkanes) is 2. The van der Waals surface area contributed by atoms with Gasteiger partial charge in [-0.25, -0.2) is 0 Å². The fourth-order valence-corrected chi connectivity index (χ4v) is 3.97. The number of hydrogen-bond donors (Lipinski definition) is 2. The van der Waals surface area contributed by atoms with Crippen LogP contribution in [-0.2, 0) is 12.4 Å². The molecule has 210 valence electrons. The molecule has 3 aromatic rings. The van der Waals surface area contributed by atoms with E-state index in [9.17, 15) is 26.3 Å². The summed E-state index contributed by atoms with van der Waals surface area (Å²) in [7, 11) is 0. The topological polar surface area (TPSA) is 88.2 Å². The second-order valence-electron chi connectivity index (χ2n) is 8.92. The average molecular weight is 556 g/mol. The normalized spacial score (nSPS) is 15.8. The van der Waals surface area contributed by atoms with E-state index in [1.54, 1.807) is 18.2 Å². The fraction of sp³-hybridized carbons (Fsp3) is 0.423. The maximum atomic E-state index is 13.3. The second-order valence-corrected chi connectivity index (χ2v) is 8.92. The molecule has 0 radical (unpaired) electrons. The SMILES string of the molecule is CCCCOc1cccc(OCCCC)c1C1=CC(c2cc(C(F)(F)F)[nH]n2)=NC1c1cc(C(F)(F)F)n[nH]1. The van der Waals surface area contributed by atoms with Gasteiger partial charge < -0.3 is 9.47 Å². The van der Waals surface area contributed by atoms with Crippen molar-refractivity contribution < 1.29 is 35.8 Å². The summed E-state index contributed by atoms with van der Waals surface area (Å²) in [5.41, 5.74) is -1.47. The molecule has 3 heterocycles. The third-order valence-corrected chi connectivity index (χ3v) is 5.97. The highest BCUT2D eigenvalue weighted by Gasteiger charge is 2.38. The van der Waals surface area contributed by atoms with Gasteiger partial charge in [0.2, 0.25) is 0 Å². The molecule has 0 fully saturated rings. The molecular weight excluding hydrogens is 528 g/mol. The van der Waals surface area contributed by atoms with Gasteiger partial charge in [-0.3, -0.25) is 15.2 Å². The summed E-state index contributed by atoms with van der Waals surface area (Å²) >= 11 is 0. The lowest BCUT2D eigenvalue weighted by Gasteiger charge is -2.20. The first-order chi connectivity index (χ1) is 18.5. The number of alkyl halides is 6. The van der Waals surface area contributed by atoms with E-state index in [2.05, 4.69) is 20.3 Å². The number of allylic oxidation sites excluding steroid dienone is 1. The summed E-state index contributed by atoms with van der Waals surface area (Å²) < 4.78 is 91.7. The van der Waals surface area contributed by atoms with Gasteiger partial charge in [-0.2, -0.15) is 36.5 Å². The van der Waals surface area contributed by atoms with Crippen molar-refractivity contribution in [3.8, 4) is 11.5 Å². The minimum atomic E-state index is -4.71. The summed E-state index contributed by atoms with van der Waals surface area (Å²) in [6.45, 7) is 4.76. The van der Waals surface area contributed by atoms with Crippen molar-refractivity contribution in [2.24, 2.45) is 4.99 Å². The Morgan fingerprint density at radius 3 is 2.00 bits per heavy atom. The Morgan fingerprint density at radius 2 is 1.49 bits per heavy atom. The second kappa shape index (κ2) is 11.5. The Balaban J connectivity index is 1.84. The predicted molar refractivity (Wildman–Crippen MR) is 132 cm³/mol. The molecule has 0 amide bonds. The van der Waals surface area contributed by atoms with Crippen molar-refractivity contribution >= 4 is 11.3 Å². The van der Waals surface area contributed by atoms with E-state index in [0.717, 1.165) is 37.8 Å². The predicted octanol–water partition coefficient (Wildman–Crippen LogP) is 7.16. The summed E-state index contributed by atoms with van der Waals surface area (Å²) in [6, 6.07) is 5.70. The van der Waals surface area contributed by atoms with Crippen molar-refractivity contribution in [3.05, 3.63) is 64.7 Å². The van der Waals surface area contributed by atoms with Gasteiger partial charge in [0, 0.05) is 0 Å². The van der Waals surface area contributed by atoms with Crippen molar-refractivity contribution in [1.82, 2.24) is 20.4 Å². The van der Waals surface area contributed by atoms with Crippen LogP contribution in [0.15, 0.2) is 41.4 Å². The van der Waals surface area contributed by atoms with E-state index >= 15 is 0 Å². The zero-order chi connectivity index (χ0) is 28.2. The van der Waals surface area contributed by atoms with Gasteiger partial charge in [0.05, 0.1) is 30.2 Å². The first kappa shape index (κ1) is 28.2. The van der Waals surface area contributed by atoms with E-state index in [4.69, 9.17) is 9.47 Å². The smallest absolute Gasteiger partial charge is 0.435 e. The zero-order valence-corrected chi connectivity index (χ0v) is 21.2. The first-order valence-electron chi connectivity index (χ1n) is 12.5. The molecule has 1 aliphatic rings. The standard InChI is InChI=1S/C26H27F6N5O2/c1-3-5-10-38-19-8-7-9-20(39-11-6-4-2)23(19)15-12-16(17-13-21(36-34-17)25(27,28)29)33-24(15)18-14-22(37-35-18)26(30,31)32/h7-9,12-14,24H,3-6,10-11H2,1-2H3,(H,34,36)(H,35,37). The molecule has 1 unspecified atom stereocenters. The van der Waals surface area contributed by atoms with Gasteiger partial charge in [-0.05, 0) is 48.8 Å². The first-order valence-corrected chi connectivity index (χ1v) is 12.5. The molecule has 1 aliphatic heterocycles. The monoisotopic (exact) mass is 555 g/mol. The molecule has 0 saturated heterocycles. The Morgan fingerprint density at radius 1 is 0.846 bits per heavy atom. The molecule has 7 nitrogen and oxygen atoms in total. The maximum absolute atomic E-state index is 13.3. The quantitative estimate of drug-likeness (QED) is 0.194. The molecule has 4 rings (SSSR count). The number of H-pyrrole nitrogens is 2. The van der Waals surface area contributed by atoms with E-state index in [-0.39, 0.29) is 17.1 Å². The van der Waals surface area contributed by atoms with E-state index in [1.165, 1.54) is 6.08 Å². The molecule has 0 saturated carbocycles. The summed E-state index contributed by atoms with van der Waals surface area (Å²) in [5, 5.41) is 11.5. The van der Waals surface area contributed by atoms with Crippen LogP contribution in [0.2, 0.25) is 0 Å². The van der Waals surface area contributed by atoms with Crippen LogP contribution in [0.5, 0.6) is 11.5 Å². The lowest BCUT2D eigenvalue weighted by molar-refractivity contribution is -0.142. The number of hydrogen-bond acceptors (Lipinski definition) is 5. The molecule has 1 aromatic carbocycles. The largest absolute Gasteiger partial charge is 0.493 e. The molecule has 2 aromatic heterocycles. The lowest BCUT2D eigenvalue weighted by Crippen LogP contribution is -2.07. The summed E-state index contributed by atoms with van der Waals surface area (Å²) in [5.74, 6) is 0.831. The highest BCUT2D eigenvalue weighted by Crippen LogP contribution is 2.46. The average Bonchev–Trinajstić information content (AvgIpc) is 3.63. The number of aromatic amines is 2. The lowest BCUT2D eigenvalue weighted by atomic mass is 9.95. The van der Waals surface area contributed by atoms with Crippen LogP contribution in [0, 0.1) is 0 Å². The molecule has 39 heavy (non-hydrogen) atoms. The van der Waals surface area contributed by atoms with Crippen LogP contribution in [0.25, 0.3) is 5.57 Å². The third kappa shape index (κ3) is 6.45. The number of aromatic nitrogens is 4. The minimum Gasteiger partial charge on any atom is -0.493 e. The Labute approximate surface area is 220 Å². The summed E-state index contributed by atoms with van der Waals surface area (Å²) in [6.07, 6.45) is -4.62. The van der Waals surface area contributed by atoms with Crippen LogP contribution in [0.4, 0.5) is 26.3 Å². The summed E-state index contributed by atoms with van der Waals surface area (Å²) in [4.78, 5) is 4.48. The Hall–Kier alpha value is -3.77. The third-order valence-electron chi connectivity index (χ3n) is 5.97. The van der Waals surface area contributed by atoms with Crippen LogP contribution in [0.1, 0.15) is 73.9 Å². The van der Waals surface area contributed by atoms with Crippen molar-refractivity contribution in [3.63, 3.8) is 0 Å². The number of halogens is 6. The van der Waals surface area contributed by atoms with Gasteiger partial charge in [-0.15, -0.1) is 0 Å². The van der Waals surface area contributed by atoms with Crippen LogP contribution < -0.4 is 9.47 Å². The highest BCUT2D eigenvalue weighted by atomic mass is 19.4. The number of nitrogens with zero attached hydrogens (tertiary/aromatic N) is 3. The van der Waals surface area contributed by atoms with Gasteiger partial charge in [0.15, 0.2) is 5.69 Å². The van der Waals surface area contributed by atoms with Crippen molar-refractivity contribution in [2.75, 3.05) is 13.2 Å². The number of benzene rings is 1. The molecule has 0 spiro atoms. The molecule has 2 N–H and O–H groups in total. The van der Waals surface area contributed by atoms with E-state index < -0.39 is 29.8 Å². The van der Waals surface area contributed by atoms with Crippen LogP contribution in [0.3, 0.4) is 0 Å². The Kier molecular flexibility index (Phi) is 8.36. The van der Waals surface area contributed by atoms with Gasteiger partial charge in [-0.1, -0.05) is 32.8 Å². The number of aliphatic imine (C=N–C) groups is 1. The minimum absolute atomic E-state index is 0.00183. The fourth-order valence-electron chi connectivity index (χ4n) is 3.97. The van der Waals surface area contributed by atoms with Gasteiger partial charge in [0.1, 0.15) is 28.9 Å². The highest BCUT2D eigenvalue weighted by molar-refractivity contribution is 6.15. The van der Waals surface area contributed by atoms with Crippen molar-refractivity contribution in [1.29, 1.82) is 0 Å². The number of ether oxygens (including phenoxy) is 2. The Bertz CT molecular complexity index is 1310. The molecule has 0 aliphatic carbocycles. The van der Waals surface area contributed by atoms with Gasteiger partial charge >= 0.3 is 12.4 Å². The zero-order valence-electron chi connectivity index (χ0n) is 21.2. The molecule has 13 heteroatoms. The van der Waals surface area contributed by atoms with Gasteiger partial charge in [0.25, 0.3) is 0 Å². The van der Waals surface area contributed by atoms with Crippen LogP contribution >= 0.6 is 0 Å². The van der Waals surface area contributed by atoms with Crippen LogP contribution in [-0.4, -0.2) is 39.3 Å². The molecule has 1 atom stereocenters. The maximum Gasteiger partial charge on any atom is 0.435 e. The number of rotatable bonds is 11. The molecule has 0 bridgehead atoms. The van der Waals surface area contributed by atoms with E-state index in [0.29, 0.717) is 35.8 Å². The molecular formula is C26H27F6N5O2. The van der Waals surface area contributed by atoms with Crippen molar-refractivity contribution in [2.45, 2.75) is 57.9 Å². The van der Waals surface area contributed by atoms with E-state index in [1.807, 2.05) is 18.9 Å². The number of nitrogens with one attached hydrogen (secondary N) is 2.